The fourth-order valence-corrected chi connectivity index (χ4v) is 2.92. The number of amides is 2. The van der Waals surface area contributed by atoms with Gasteiger partial charge in [-0.3, -0.25) is 9.59 Å². The topological polar surface area (TPSA) is 37.4 Å². The molecule has 0 bridgehead atoms. The molecule has 1 atom stereocenters. The zero-order valence-electron chi connectivity index (χ0n) is 9.35. The largest absolute Gasteiger partial charge is 0.274 e. The Morgan fingerprint density at radius 2 is 2.24 bits per heavy atom. The molecule has 0 aromatic heterocycles. The minimum Gasteiger partial charge on any atom is -0.274 e. The number of rotatable bonds is 3. The second-order valence-corrected chi connectivity index (χ2v) is 5.61. The van der Waals surface area contributed by atoms with E-state index >= 15 is 0 Å². The minimum absolute atomic E-state index is 0.135. The van der Waals surface area contributed by atoms with Crippen molar-refractivity contribution < 1.29 is 9.59 Å². The van der Waals surface area contributed by atoms with E-state index in [-0.39, 0.29) is 23.5 Å². The van der Waals surface area contributed by atoms with Crippen molar-refractivity contribution in [1.29, 1.82) is 0 Å². The van der Waals surface area contributed by atoms with Crippen LogP contribution in [0.2, 0.25) is 5.02 Å². The van der Waals surface area contributed by atoms with Crippen LogP contribution in [-0.4, -0.2) is 22.8 Å². The van der Waals surface area contributed by atoms with Gasteiger partial charge in [0.25, 0.3) is 0 Å². The van der Waals surface area contributed by atoms with Crippen LogP contribution >= 0.6 is 23.4 Å². The summed E-state index contributed by atoms with van der Waals surface area (Å²) in [4.78, 5) is 25.1. The fraction of sp³-hybridized carbons (Fsp3) is 0.333. The molecule has 3 nitrogen and oxygen atoms in total. The molecular weight excluding hydrogens is 258 g/mol. The molecule has 90 valence electrons. The summed E-state index contributed by atoms with van der Waals surface area (Å²) in [6.45, 7) is 1.98. The van der Waals surface area contributed by atoms with E-state index in [1.165, 1.54) is 16.7 Å². The highest BCUT2D eigenvalue weighted by molar-refractivity contribution is 8.00. The summed E-state index contributed by atoms with van der Waals surface area (Å²) in [5.41, 5.74) is 0.562. The minimum atomic E-state index is -0.244. The van der Waals surface area contributed by atoms with Gasteiger partial charge < -0.3 is 0 Å². The third-order valence-corrected chi connectivity index (χ3v) is 3.88. The predicted molar refractivity (Wildman–Crippen MR) is 70.5 cm³/mol. The molecule has 0 unspecified atom stereocenters. The molecule has 0 N–H and O–H groups in total. The van der Waals surface area contributed by atoms with Gasteiger partial charge in [-0.2, -0.15) is 0 Å². The number of thioether (sulfide) groups is 1. The Morgan fingerprint density at radius 3 is 2.88 bits per heavy atom. The Hall–Kier alpha value is -1.00. The van der Waals surface area contributed by atoms with Crippen LogP contribution in [0.25, 0.3) is 0 Å². The molecule has 5 heteroatoms. The number of benzene rings is 1. The van der Waals surface area contributed by atoms with Crippen molar-refractivity contribution in [3.63, 3.8) is 0 Å². The molecular formula is C12H12ClNO2S. The molecule has 1 saturated heterocycles. The van der Waals surface area contributed by atoms with Gasteiger partial charge in [0, 0.05) is 11.4 Å². The smallest absolute Gasteiger partial charge is 0.247 e. The standard InChI is InChI=1S/C12H12ClNO2S/c1-2-17-10-7-11(15)14(12(10)16)9-5-3-4-8(13)6-9/h3-6,10H,2,7H2,1H3/t10-/m0/s1. The number of halogens is 1. The Labute approximate surface area is 109 Å². The van der Waals surface area contributed by atoms with Gasteiger partial charge in [-0.1, -0.05) is 24.6 Å². The monoisotopic (exact) mass is 269 g/mol. The van der Waals surface area contributed by atoms with Gasteiger partial charge >= 0.3 is 0 Å². The Balaban J connectivity index is 2.27. The maximum Gasteiger partial charge on any atom is 0.247 e. The lowest BCUT2D eigenvalue weighted by molar-refractivity contribution is -0.121. The molecule has 1 aliphatic heterocycles. The molecule has 2 amide bonds. The summed E-state index contributed by atoms with van der Waals surface area (Å²) in [5.74, 6) is 0.542. The van der Waals surface area contributed by atoms with Crippen molar-refractivity contribution in [2.24, 2.45) is 0 Å². The zero-order valence-corrected chi connectivity index (χ0v) is 10.9. The quantitative estimate of drug-likeness (QED) is 0.792. The van der Waals surface area contributed by atoms with E-state index in [1.807, 2.05) is 6.92 Å². The number of hydrogen-bond acceptors (Lipinski definition) is 3. The van der Waals surface area contributed by atoms with Crippen LogP contribution in [0.3, 0.4) is 0 Å². The van der Waals surface area contributed by atoms with E-state index in [4.69, 9.17) is 11.6 Å². The molecule has 1 fully saturated rings. The zero-order chi connectivity index (χ0) is 12.4. The average Bonchev–Trinajstić information content (AvgIpc) is 2.55. The summed E-state index contributed by atoms with van der Waals surface area (Å²) in [6.07, 6.45) is 0.282. The number of imide groups is 1. The molecule has 2 rings (SSSR count). The summed E-state index contributed by atoms with van der Waals surface area (Å²) in [5, 5.41) is 0.279. The Bertz CT molecular complexity index is 464. The first-order valence-electron chi connectivity index (χ1n) is 5.37. The second kappa shape index (κ2) is 5.10. The van der Waals surface area contributed by atoms with Crippen LogP contribution in [0.1, 0.15) is 13.3 Å². The van der Waals surface area contributed by atoms with E-state index in [2.05, 4.69) is 0 Å². The Kier molecular flexibility index (Phi) is 3.74. The van der Waals surface area contributed by atoms with Crippen LogP contribution in [-0.2, 0) is 9.59 Å². The number of carbonyl (C=O) groups excluding carboxylic acids is 2. The summed E-state index contributed by atoms with van der Waals surface area (Å²) < 4.78 is 0. The number of carbonyl (C=O) groups is 2. The predicted octanol–water partition coefficient (Wildman–Crippen LogP) is 2.73. The molecule has 0 spiro atoms. The normalized spacial score (nSPS) is 20.1. The van der Waals surface area contributed by atoms with Gasteiger partial charge in [0.05, 0.1) is 10.9 Å². The van der Waals surface area contributed by atoms with Crippen LogP contribution in [0.15, 0.2) is 24.3 Å². The lowest BCUT2D eigenvalue weighted by Gasteiger charge is -2.14. The first-order chi connectivity index (χ1) is 8.13. The lowest BCUT2D eigenvalue weighted by Crippen LogP contribution is -2.31. The van der Waals surface area contributed by atoms with Gasteiger partial charge in [0.1, 0.15) is 0 Å². The van der Waals surface area contributed by atoms with Gasteiger partial charge in [-0.25, -0.2) is 4.90 Å². The summed E-state index contributed by atoms with van der Waals surface area (Å²) >= 11 is 7.37. The first kappa shape index (κ1) is 12.5. The van der Waals surface area contributed by atoms with Crippen molar-refractivity contribution >= 4 is 40.9 Å². The van der Waals surface area contributed by atoms with Crippen molar-refractivity contribution in [2.75, 3.05) is 10.7 Å². The molecule has 1 aliphatic rings. The molecule has 1 heterocycles. The maximum atomic E-state index is 12.1. The van der Waals surface area contributed by atoms with E-state index in [1.54, 1.807) is 24.3 Å². The van der Waals surface area contributed by atoms with E-state index < -0.39 is 0 Å². The lowest BCUT2D eigenvalue weighted by atomic mass is 10.3. The Morgan fingerprint density at radius 1 is 1.47 bits per heavy atom. The highest BCUT2D eigenvalue weighted by Crippen LogP contribution is 2.30. The highest BCUT2D eigenvalue weighted by Gasteiger charge is 2.39. The molecule has 0 aliphatic carbocycles. The third-order valence-electron chi connectivity index (χ3n) is 2.54. The van der Waals surface area contributed by atoms with Crippen LogP contribution in [0, 0.1) is 0 Å². The van der Waals surface area contributed by atoms with Gasteiger partial charge in [-0.05, 0) is 24.0 Å². The van der Waals surface area contributed by atoms with Crippen molar-refractivity contribution in [3.8, 4) is 0 Å². The van der Waals surface area contributed by atoms with E-state index in [0.717, 1.165) is 5.75 Å². The highest BCUT2D eigenvalue weighted by atomic mass is 35.5. The van der Waals surface area contributed by atoms with E-state index in [0.29, 0.717) is 10.7 Å². The van der Waals surface area contributed by atoms with Crippen LogP contribution in [0.4, 0.5) is 5.69 Å². The van der Waals surface area contributed by atoms with Crippen LogP contribution < -0.4 is 4.90 Å². The summed E-state index contributed by atoms with van der Waals surface area (Å²) in [7, 11) is 0. The fourth-order valence-electron chi connectivity index (χ4n) is 1.82. The van der Waals surface area contributed by atoms with Gasteiger partial charge in [-0.15, -0.1) is 11.8 Å². The second-order valence-electron chi connectivity index (χ2n) is 3.70. The molecule has 17 heavy (non-hydrogen) atoms. The number of anilines is 1. The van der Waals surface area contributed by atoms with Crippen LogP contribution in [0.5, 0.6) is 0 Å². The average molecular weight is 270 g/mol. The molecule has 1 aromatic rings. The van der Waals surface area contributed by atoms with Crippen molar-refractivity contribution in [3.05, 3.63) is 29.3 Å². The molecule has 0 radical (unpaired) electrons. The molecule has 0 saturated carbocycles. The van der Waals surface area contributed by atoms with Crippen molar-refractivity contribution in [2.45, 2.75) is 18.6 Å². The SMILES string of the molecule is CCS[C@H]1CC(=O)N(c2cccc(Cl)c2)C1=O. The van der Waals surface area contributed by atoms with Gasteiger partial charge in [0.15, 0.2) is 0 Å². The number of hydrogen-bond donors (Lipinski definition) is 0. The third kappa shape index (κ3) is 2.48. The molecule has 1 aromatic carbocycles. The number of nitrogens with zero attached hydrogens (tertiary/aromatic N) is 1. The van der Waals surface area contributed by atoms with Crippen molar-refractivity contribution in [1.82, 2.24) is 0 Å². The van der Waals surface area contributed by atoms with E-state index in [9.17, 15) is 9.59 Å². The van der Waals surface area contributed by atoms with Gasteiger partial charge in [0.2, 0.25) is 11.8 Å². The summed E-state index contributed by atoms with van der Waals surface area (Å²) in [6, 6.07) is 6.81. The first-order valence-corrected chi connectivity index (χ1v) is 6.80. The maximum absolute atomic E-state index is 12.1.